The van der Waals surface area contributed by atoms with Crippen molar-refractivity contribution in [2.45, 2.75) is 25.2 Å². The van der Waals surface area contributed by atoms with Gasteiger partial charge in [-0.1, -0.05) is 30.3 Å². The van der Waals surface area contributed by atoms with Gasteiger partial charge in [-0.3, -0.25) is 4.79 Å². The zero-order valence-corrected chi connectivity index (χ0v) is 9.83. The number of ketones is 1. The molecular weight excluding hydrogens is 198 g/mol. The second-order valence-electron chi connectivity index (χ2n) is 4.75. The molecule has 0 aliphatic carbocycles. The zero-order chi connectivity index (χ0) is 11.6. The van der Waals surface area contributed by atoms with E-state index in [1.54, 1.807) is 6.92 Å². The minimum absolute atomic E-state index is 0.248. The number of likely N-dealkylation sites (tertiary alicyclic amines) is 1. The fraction of sp³-hybridized carbons (Fsp3) is 0.429. The van der Waals surface area contributed by atoms with Crippen LogP contribution >= 0.6 is 0 Å². The lowest BCUT2D eigenvalue weighted by Crippen LogP contribution is -3.08. The third-order valence-corrected chi connectivity index (χ3v) is 3.81. The van der Waals surface area contributed by atoms with Gasteiger partial charge < -0.3 is 4.90 Å². The summed E-state index contributed by atoms with van der Waals surface area (Å²) >= 11 is 0. The van der Waals surface area contributed by atoms with Crippen molar-refractivity contribution in [2.24, 2.45) is 0 Å². The highest BCUT2D eigenvalue weighted by Gasteiger charge is 2.40. The molecule has 1 aromatic carbocycles. The van der Waals surface area contributed by atoms with E-state index in [1.165, 1.54) is 10.5 Å². The molecule has 2 heteroatoms. The molecule has 1 saturated heterocycles. The molecule has 16 heavy (non-hydrogen) atoms. The Morgan fingerprint density at radius 1 is 1.25 bits per heavy atom. The first-order valence-electron chi connectivity index (χ1n) is 5.88. The summed E-state index contributed by atoms with van der Waals surface area (Å²) < 4.78 is 0. The molecule has 2 rings (SSSR count). The van der Waals surface area contributed by atoms with Crippen LogP contribution in [0.3, 0.4) is 0 Å². The molecule has 0 radical (unpaired) electrons. The van der Waals surface area contributed by atoms with Gasteiger partial charge in [0.05, 0.1) is 18.5 Å². The molecule has 1 aliphatic rings. The number of hydrogen-bond acceptors (Lipinski definition) is 1. The molecule has 1 N–H and O–H groups in total. The molecule has 1 aliphatic heterocycles. The van der Waals surface area contributed by atoms with E-state index in [0.717, 1.165) is 25.9 Å². The van der Waals surface area contributed by atoms with Gasteiger partial charge in [0.25, 0.3) is 0 Å². The van der Waals surface area contributed by atoms with E-state index < -0.39 is 0 Å². The SMILES string of the molecule is [CH2-][NH+]1CCC(C(C)=O)(c2ccccc2)CC1. The summed E-state index contributed by atoms with van der Waals surface area (Å²) in [7, 11) is 4.02. The summed E-state index contributed by atoms with van der Waals surface area (Å²) in [4.78, 5) is 13.3. The van der Waals surface area contributed by atoms with E-state index in [4.69, 9.17) is 0 Å². The Morgan fingerprint density at radius 3 is 2.31 bits per heavy atom. The summed E-state index contributed by atoms with van der Waals surface area (Å²) in [6, 6.07) is 10.2. The number of rotatable bonds is 2. The van der Waals surface area contributed by atoms with Crippen LogP contribution in [-0.2, 0) is 10.2 Å². The third kappa shape index (κ3) is 1.90. The van der Waals surface area contributed by atoms with E-state index in [0.29, 0.717) is 5.78 Å². The second-order valence-corrected chi connectivity index (χ2v) is 4.75. The number of hydrogen-bond donors (Lipinski definition) is 1. The highest BCUT2D eigenvalue weighted by Crippen LogP contribution is 2.33. The molecule has 1 heterocycles. The summed E-state index contributed by atoms with van der Waals surface area (Å²) in [5, 5.41) is 0. The Balaban J connectivity index is 2.34. The third-order valence-electron chi connectivity index (χ3n) is 3.81. The van der Waals surface area contributed by atoms with Crippen LogP contribution in [0.25, 0.3) is 0 Å². The van der Waals surface area contributed by atoms with Gasteiger partial charge in [0, 0.05) is 12.8 Å². The van der Waals surface area contributed by atoms with Crippen LogP contribution < -0.4 is 4.90 Å². The number of benzene rings is 1. The minimum atomic E-state index is -0.248. The van der Waals surface area contributed by atoms with Gasteiger partial charge >= 0.3 is 0 Å². The number of carbonyl (C=O) groups excluding carboxylic acids is 1. The Morgan fingerprint density at radius 2 is 1.81 bits per heavy atom. The maximum Gasteiger partial charge on any atom is 0.140 e. The van der Waals surface area contributed by atoms with Crippen molar-refractivity contribution in [3.8, 4) is 0 Å². The van der Waals surface area contributed by atoms with E-state index in [1.807, 2.05) is 18.2 Å². The van der Waals surface area contributed by atoms with Crippen molar-refractivity contribution < 1.29 is 9.69 Å². The average Bonchev–Trinajstić information content (AvgIpc) is 2.31. The molecule has 0 bridgehead atoms. The van der Waals surface area contributed by atoms with E-state index in [2.05, 4.69) is 19.2 Å². The van der Waals surface area contributed by atoms with Gasteiger partial charge in [0.1, 0.15) is 5.78 Å². The lowest BCUT2D eigenvalue weighted by molar-refractivity contribution is -0.860. The van der Waals surface area contributed by atoms with E-state index in [-0.39, 0.29) is 5.41 Å². The monoisotopic (exact) mass is 217 g/mol. The summed E-state index contributed by atoms with van der Waals surface area (Å²) in [5.74, 6) is 0.297. The topological polar surface area (TPSA) is 21.5 Å². The Labute approximate surface area is 97.3 Å². The Bertz CT molecular complexity index is 364. The smallest absolute Gasteiger partial charge is 0.140 e. The van der Waals surface area contributed by atoms with Crippen LogP contribution in [0.2, 0.25) is 0 Å². The van der Waals surface area contributed by atoms with Crippen LogP contribution in [0.1, 0.15) is 25.3 Å². The van der Waals surface area contributed by atoms with Gasteiger partial charge in [0.15, 0.2) is 0 Å². The lowest BCUT2D eigenvalue weighted by atomic mass is 9.70. The fourth-order valence-electron chi connectivity index (χ4n) is 2.63. The first kappa shape index (κ1) is 11.3. The Hall–Kier alpha value is -1.15. The van der Waals surface area contributed by atoms with Crippen LogP contribution in [-0.4, -0.2) is 18.9 Å². The first-order valence-corrected chi connectivity index (χ1v) is 5.88. The molecule has 1 fully saturated rings. The zero-order valence-electron chi connectivity index (χ0n) is 9.83. The van der Waals surface area contributed by atoms with E-state index in [9.17, 15) is 4.79 Å². The summed E-state index contributed by atoms with van der Waals surface area (Å²) in [6.07, 6.45) is 1.84. The second kappa shape index (κ2) is 4.38. The van der Waals surface area contributed by atoms with Crippen molar-refractivity contribution >= 4 is 5.78 Å². The molecule has 0 unspecified atom stereocenters. The quantitative estimate of drug-likeness (QED) is 0.733. The van der Waals surface area contributed by atoms with Crippen molar-refractivity contribution in [2.75, 3.05) is 13.1 Å². The minimum Gasteiger partial charge on any atom is -0.468 e. The van der Waals surface area contributed by atoms with Crippen molar-refractivity contribution in [1.82, 2.24) is 0 Å². The molecule has 0 amide bonds. The molecule has 0 saturated carbocycles. The van der Waals surface area contributed by atoms with Crippen LogP contribution in [0, 0.1) is 7.05 Å². The standard InChI is InChI=1S/C14H19NO/c1-12(16)14(8-10-15(2)11-9-14)13-6-4-3-5-7-13/h3-7,15H,2,8-11H2,1H3. The number of piperidine rings is 1. The predicted molar refractivity (Wildman–Crippen MR) is 64.1 cm³/mol. The lowest BCUT2D eigenvalue weighted by Gasteiger charge is -2.39. The largest absolute Gasteiger partial charge is 0.468 e. The van der Waals surface area contributed by atoms with Gasteiger partial charge in [-0.25, -0.2) is 0 Å². The normalized spacial score (nSPS) is 30.0. The number of carbonyl (C=O) groups is 1. The van der Waals surface area contributed by atoms with Crippen molar-refractivity contribution in [3.63, 3.8) is 0 Å². The maximum atomic E-state index is 12.0. The molecule has 86 valence electrons. The van der Waals surface area contributed by atoms with Crippen LogP contribution in [0.4, 0.5) is 0 Å². The molecule has 1 aromatic rings. The molecule has 0 atom stereocenters. The highest BCUT2D eigenvalue weighted by molar-refractivity contribution is 5.88. The van der Waals surface area contributed by atoms with Gasteiger partial charge in [-0.05, 0) is 12.5 Å². The summed E-state index contributed by atoms with van der Waals surface area (Å²) in [6.45, 7) is 3.68. The number of nitrogens with one attached hydrogen (secondary N) is 1. The van der Waals surface area contributed by atoms with Crippen molar-refractivity contribution in [3.05, 3.63) is 42.9 Å². The Kier molecular flexibility index (Phi) is 3.10. The highest BCUT2D eigenvalue weighted by atomic mass is 16.1. The van der Waals surface area contributed by atoms with Gasteiger partial charge in [-0.15, -0.1) is 0 Å². The maximum absolute atomic E-state index is 12.0. The average molecular weight is 217 g/mol. The van der Waals surface area contributed by atoms with E-state index >= 15 is 0 Å². The first-order chi connectivity index (χ1) is 7.65. The van der Waals surface area contributed by atoms with Crippen LogP contribution in [0.5, 0.6) is 0 Å². The summed E-state index contributed by atoms with van der Waals surface area (Å²) in [5.41, 5.74) is 0.928. The number of Topliss-reactive ketones (excluding diaryl/α,β-unsaturated/α-hetero) is 1. The van der Waals surface area contributed by atoms with Gasteiger partial charge in [0.2, 0.25) is 0 Å². The fourth-order valence-corrected chi connectivity index (χ4v) is 2.63. The molecule has 0 aromatic heterocycles. The van der Waals surface area contributed by atoms with Crippen LogP contribution in [0.15, 0.2) is 30.3 Å². The molecular formula is C14H19NO. The molecule has 0 spiro atoms. The van der Waals surface area contributed by atoms with Gasteiger partial charge in [-0.2, -0.15) is 7.05 Å². The predicted octanol–water partition coefficient (Wildman–Crippen LogP) is 0.984. The van der Waals surface area contributed by atoms with Crippen molar-refractivity contribution in [1.29, 1.82) is 0 Å². The molecule has 2 nitrogen and oxygen atoms in total. The number of quaternary nitrogens is 1.